The molecule has 1 aromatic heterocycles. The van der Waals surface area contributed by atoms with Gasteiger partial charge < -0.3 is 10.3 Å². The van der Waals surface area contributed by atoms with Crippen LogP contribution in [0.25, 0.3) is 0 Å². The number of hydrogen-bond acceptors (Lipinski definition) is 3. The number of aryl methyl sites for hydroxylation is 1. The summed E-state index contributed by atoms with van der Waals surface area (Å²) in [5.74, 6) is 0.760. The molecule has 5 heteroatoms. The van der Waals surface area contributed by atoms with Gasteiger partial charge in [0.25, 0.3) is 0 Å². The highest BCUT2D eigenvalue weighted by Crippen LogP contribution is 2.30. The van der Waals surface area contributed by atoms with Crippen molar-refractivity contribution in [3.63, 3.8) is 0 Å². The van der Waals surface area contributed by atoms with E-state index >= 15 is 0 Å². The number of nitrogens with zero attached hydrogens (tertiary/aromatic N) is 1. The van der Waals surface area contributed by atoms with Crippen molar-refractivity contribution in [2.75, 3.05) is 0 Å². The van der Waals surface area contributed by atoms with Crippen LogP contribution >= 0.6 is 23.2 Å². The molecule has 3 nitrogen and oxygen atoms in total. The lowest BCUT2D eigenvalue weighted by Crippen LogP contribution is -2.13. The van der Waals surface area contributed by atoms with Gasteiger partial charge in [-0.3, -0.25) is 0 Å². The molecule has 0 aliphatic carbocycles. The van der Waals surface area contributed by atoms with Crippen LogP contribution in [0, 0.1) is 0 Å². The summed E-state index contributed by atoms with van der Waals surface area (Å²) < 4.78 is 5.21. The van der Waals surface area contributed by atoms with Crippen LogP contribution in [0.4, 0.5) is 0 Å². The second-order valence-corrected chi connectivity index (χ2v) is 4.88. The molecule has 18 heavy (non-hydrogen) atoms. The lowest BCUT2D eigenvalue weighted by Gasteiger charge is -2.12. The molecule has 0 bridgehead atoms. The summed E-state index contributed by atoms with van der Waals surface area (Å²) in [6.07, 6.45) is 1.39. The number of halogens is 2. The molecule has 0 aliphatic rings. The number of aromatic nitrogens is 1. The highest BCUT2D eigenvalue weighted by Gasteiger charge is 2.15. The van der Waals surface area contributed by atoms with E-state index in [1.807, 2.05) is 25.1 Å². The van der Waals surface area contributed by atoms with Gasteiger partial charge in [-0.15, -0.1) is 0 Å². The molecular weight excluding hydrogens is 271 g/mol. The van der Waals surface area contributed by atoms with Gasteiger partial charge in [-0.25, -0.2) is 0 Å². The van der Waals surface area contributed by atoms with Crippen LogP contribution in [0.1, 0.15) is 30.0 Å². The molecule has 1 unspecified atom stereocenters. The molecule has 1 heterocycles. The zero-order valence-corrected chi connectivity index (χ0v) is 11.5. The average Bonchev–Trinajstić information content (AvgIpc) is 2.80. The Hall–Kier alpha value is -1.03. The van der Waals surface area contributed by atoms with E-state index in [1.165, 1.54) is 0 Å². The topological polar surface area (TPSA) is 52.0 Å². The fraction of sp³-hybridized carbons (Fsp3) is 0.308. The van der Waals surface area contributed by atoms with Crippen molar-refractivity contribution in [2.24, 2.45) is 5.73 Å². The summed E-state index contributed by atoms with van der Waals surface area (Å²) in [6.45, 7) is 2.02. The number of rotatable bonds is 4. The molecule has 2 aromatic rings. The van der Waals surface area contributed by atoms with Crippen molar-refractivity contribution in [3.05, 3.63) is 51.3 Å². The van der Waals surface area contributed by atoms with E-state index in [2.05, 4.69) is 5.16 Å². The zero-order valence-electron chi connectivity index (χ0n) is 9.99. The van der Waals surface area contributed by atoms with Crippen LogP contribution in [-0.4, -0.2) is 5.16 Å². The molecule has 0 fully saturated rings. The minimum atomic E-state index is -0.256. The van der Waals surface area contributed by atoms with Gasteiger partial charge in [0.2, 0.25) is 0 Å². The van der Waals surface area contributed by atoms with Crippen molar-refractivity contribution in [3.8, 4) is 0 Å². The fourth-order valence-electron chi connectivity index (χ4n) is 1.75. The Balaban J connectivity index is 2.16. The first kappa shape index (κ1) is 13.4. The quantitative estimate of drug-likeness (QED) is 0.929. The zero-order chi connectivity index (χ0) is 13.1. The van der Waals surface area contributed by atoms with Gasteiger partial charge in [0, 0.05) is 18.5 Å². The van der Waals surface area contributed by atoms with Crippen molar-refractivity contribution in [1.29, 1.82) is 0 Å². The predicted octanol–water partition coefficient (Wildman–Crippen LogP) is 3.79. The van der Waals surface area contributed by atoms with Gasteiger partial charge >= 0.3 is 0 Å². The highest BCUT2D eigenvalue weighted by molar-refractivity contribution is 6.42. The Kier molecular flexibility index (Phi) is 4.27. The Morgan fingerprint density at radius 3 is 2.83 bits per heavy atom. The summed E-state index contributed by atoms with van der Waals surface area (Å²) in [5.41, 5.74) is 7.86. The molecule has 0 radical (unpaired) electrons. The Bertz CT molecular complexity index is 540. The van der Waals surface area contributed by atoms with E-state index in [4.69, 9.17) is 33.5 Å². The van der Waals surface area contributed by atoms with Crippen LogP contribution in [0.2, 0.25) is 10.0 Å². The maximum Gasteiger partial charge on any atom is 0.138 e. The van der Waals surface area contributed by atoms with Crippen LogP contribution in [-0.2, 0) is 12.8 Å². The molecule has 0 saturated heterocycles. The molecule has 2 N–H and O–H groups in total. The Morgan fingerprint density at radius 2 is 2.17 bits per heavy atom. The van der Waals surface area contributed by atoms with E-state index in [-0.39, 0.29) is 6.04 Å². The summed E-state index contributed by atoms with van der Waals surface area (Å²) in [5, 5.41) is 4.94. The van der Waals surface area contributed by atoms with Gasteiger partial charge in [0.05, 0.1) is 15.7 Å². The highest BCUT2D eigenvalue weighted by atomic mass is 35.5. The summed E-state index contributed by atoms with van der Waals surface area (Å²) >= 11 is 12.1. The molecular formula is C13H14Cl2N2O. The van der Waals surface area contributed by atoms with Crippen molar-refractivity contribution >= 4 is 23.2 Å². The lowest BCUT2D eigenvalue weighted by atomic mass is 10.0. The third-order valence-electron chi connectivity index (χ3n) is 2.77. The Labute approximate surface area is 116 Å². The van der Waals surface area contributed by atoms with E-state index < -0.39 is 0 Å². The van der Waals surface area contributed by atoms with Gasteiger partial charge in [-0.2, -0.15) is 0 Å². The lowest BCUT2D eigenvalue weighted by molar-refractivity contribution is 0.370. The second-order valence-electron chi connectivity index (χ2n) is 4.09. The molecule has 96 valence electrons. The molecule has 1 atom stereocenters. The smallest absolute Gasteiger partial charge is 0.138 e. The second kappa shape index (κ2) is 5.74. The van der Waals surface area contributed by atoms with Gasteiger partial charge in [0.1, 0.15) is 5.76 Å². The number of benzene rings is 1. The molecule has 0 amide bonds. The van der Waals surface area contributed by atoms with E-state index in [1.54, 1.807) is 6.07 Å². The van der Waals surface area contributed by atoms with E-state index in [9.17, 15) is 0 Å². The first-order chi connectivity index (χ1) is 8.61. The SMILES string of the molecule is CCc1cc(CC(N)c2cccc(Cl)c2Cl)on1. The standard InChI is InChI=1S/C13H14Cl2N2O/c1-2-8-6-9(18-17-8)7-12(16)10-4-3-5-11(14)13(10)15/h3-6,12H,2,7,16H2,1H3. The van der Waals surface area contributed by atoms with Gasteiger partial charge in [0.15, 0.2) is 0 Å². The van der Waals surface area contributed by atoms with Crippen LogP contribution in [0.15, 0.2) is 28.8 Å². The summed E-state index contributed by atoms with van der Waals surface area (Å²) in [4.78, 5) is 0. The average molecular weight is 285 g/mol. The normalized spacial score (nSPS) is 12.7. The third-order valence-corrected chi connectivity index (χ3v) is 3.61. The minimum Gasteiger partial charge on any atom is -0.361 e. The third kappa shape index (κ3) is 2.86. The number of nitrogens with two attached hydrogens (primary N) is 1. The molecule has 1 aromatic carbocycles. The Morgan fingerprint density at radius 1 is 1.39 bits per heavy atom. The van der Waals surface area contributed by atoms with Crippen LogP contribution in [0.5, 0.6) is 0 Å². The molecule has 2 rings (SSSR count). The van der Waals surface area contributed by atoms with Crippen molar-refractivity contribution in [2.45, 2.75) is 25.8 Å². The largest absolute Gasteiger partial charge is 0.361 e. The predicted molar refractivity (Wildman–Crippen MR) is 73.0 cm³/mol. The van der Waals surface area contributed by atoms with Gasteiger partial charge in [-0.1, -0.05) is 47.4 Å². The van der Waals surface area contributed by atoms with E-state index in [0.717, 1.165) is 23.4 Å². The van der Waals surface area contributed by atoms with Crippen molar-refractivity contribution in [1.82, 2.24) is 5.16 Å². The van der Waals surface area contributed by atoms with Gasteiger partial charge in [-0.05, 0) is 18.1 Å². The molecule has 0 spiro atoms. The maximum atomic E-state index is 6.13. The first-order valence-corrected chi connectivity index (χ1v) is 6.51. The first-order valence-electron chi connectivity index (χ1n) is 5.75. The fourth-order valence-corrected chi connectivity index (χ4v) is 2.20. The number of hydrogen-bond donors (Lipinski definition) is 1. The van der Waals surface area contributed by atoms with Crippen LogP contribution in [0.3, 0.4) is 0 Å². The molecule has 0 aliphatic heterocycles. The van der Waals surface area contributed by atoms with E-state index in [0.29, 0.717) is 16.5 Å². The van der Waals surface area contributed by atoms with Crippen LogP contribution < -0.4 is 5.73 Å². The summed E-state index contributed by atoms with van der Waals surface area (Å²) in [6, 6.07) is 7.10. The molecule has 0 saturated carbocycles. The van der Waals surface area contributed by atoms with Crippen molar-refractivity contribution < 1.29 is 4.52 Å². The summed E-state index contributed by atoms with van der Waals surface area (Å²) in [7, 11) is 0. The monoisotopic (exact) mass is 284 g/mol. The minimum absolute atomic E-state index is 0.256. The maximum absolute atomic E-state index is 6.13.